The zero-order valence-electron chi connectivity index (χ0n) is 18.9. The number of hydrogen-bond donors (Lipinski definition) is 1. The molecule has 0 bridgehead atoms. The first-order valence-electron chi connectivity index (χ1n) is 10.8. The highest BCUT2D eigenvalue weighted by molar-refractivity contribution is 5.86. The number of nitrogens with one attached hydrogen (secondary N) is 1. The Bertz CT molecular complexity index is 1460. The van der Waals surface area contributed by atoms with Crippen LogP contribution in [0.1, 0.15) is 16.7 Å². The van der Waals surface area contributed by atoms with Gasteiger partial charge >= 0.3 is 0 Å². The van der Waals surface area contributed by atoms with E-state index in [2.05, 4.69) is 28.7 Å². The van der Waals surface area contributed by atoms with Gasteiger partial charge in [0.15, 0.2) is 0 Å². The van der Waals surface area contributed by atoms with E-state index >= 15 is 0 Å². The van der Waals surface area contributed by atoms with Gasteiger partial charge < -0.3 is 4.74 Å². The van der Waals surface area contributed by atoms with Gasteiger partial charge in [-0.2, -0.15) is 5.10 Å². The van der Waals surface area contributed by atoms with Crippen molar-refractivity contribution < 1.29 is 19.4 Å². The third-order valence-electron chi connectivity index (χ3n) is 5.38. The molecule has 180 valence electrons. The highest BCUT2D eigenvalue weighted by Crippen LogP contribution is 2.25. The van der Waals surface area contributed by atoms with Gasteiger partial charge in [0.1, 0.15) is 12.4 Å². The van der Waals surface area contributed by atoms with Crippen molar-refractivity contribution >= 4 is 34.3 Å². The van der Waals surface area contributed by atoms with E-state index in [1.807, 2.05) is 24.3 Å². The number of nitrogens with zero attached hydrogens (tertiary/aromatic N) is 3. The molecule has 0 aromatic heterocycles. The number of hydrogen-bond acceptors (Lipinski definition) is 7. The summed E-state index contributed by atoms with van der Waals surface area (Å²) in [6.07, 6.45) is 1.07. The van der Waals surface area contributed by atoms with Crippen molar-refractivity contribution in [3.8, 4) is 5.75 Å². The molecule has 4 aromatic carbocycles. The normalized spacial score (nSPS) is 10.9. The van der Waals surface area contributed by atoms with E-state index in [1.54, 1.807) is 24.3 Å². The molecule has 36 heavy (non-hydrogen) atoms. The topological polar surface area (TPSA) is 137 Å². The number of fused-ring (bicyclic) bond motifs is 1. The standard InChI is InChI=1S/C26H20N4O6/c31-26(14-20-10-11-22(29(32)33)15-25(20)30(34)35)28-27-16-18-8-12-23(13-9-18)36-17-21-6-3-5-19-4-1-2-7-24(19)21/h1-13,15-16H,14,17H2,(H,28,31)/b27-16+. The van der Waals surface area contributed by atoms with Crippen molar-refractivity contribution in [3.63, 3.8) is 0 Å². The van der Waals surface area contributed by atoms with E-state index in [4.69, 9.17) is 4.74 Å². The third kappa shape index (κ3) is 5.86. The van der Waals surface area contributed by atoms with Crippen molar-refractivity contribution in [1.29, 1.82) is 0 Å². The number of benzene rings is 4. The molecule has 4 rings (SSSR count). The molecule has 0 aliphatic heterocycles. The van der Waals surface area contributed by atoms with E-state index < -0.39 is 27.1 Å². The van der Waals surface area contributed by atoms with Crippen molar-refractivity contribution in [1.82, 2.24) is 5.43 Å². The Morgan fingerprint density at radius 2 is 1.64 bits per heavy atom. The maximum Gasteiger partial charge on any atom is 0.279 e. The molecule has 0 saturated heterocycles. The fraction of sp³-hybridized carbons (Fsp3) is 0.0769. The van der Waals surface area contributed by atoms with Crippen LogP contribution in [0, 0.1) is 20.2 Å². The number of amides is 1. The lowest BCUT2D eigenvalue weighted by Crippen LogP contribution is -2.20. The van der Waals surface area contributed by atoms with Crippen LogP contribution < -0.4 is 10.2 Å². The van der Waals surface area contributed by atoms with Crippen LogP contribution in [0.4, 0.5) is 11.4 Å². The zero-order chi connectivity index (χ0) is 25.5. The summed E-state index contributed by atoms with van der Waals surface area (Å²) in [6.45, 7) is 0.416. The summed E-state index contributed by atoms with van der Waals surface area (Å²) < 4.78 is 5.91. The van der Waals surface area contributed by atoms with Gasteiger partial charge in [0.05, 0.1) is 28.5 Å². The van der Waals surface area contributed by atoms with Gasteiger partial charge in [0.25, 0.3) is 11.4 Å². The van der Waals surface area contributed by atoms with Gasteiger partial charge in [-0.05, 0) is 52.2 Å². The minimum atomic E-state index is -0.761. The van der Waals surface area contributed by atoms with E-state index in [0.717, 1.165) is 28.5 Å². The molecule has 1 amide bonds. The monoisotopic (exact) mass is 484 g/mol. The Kier molecular flexibility index (Phi) is 7.25. The average molecular weight is 484 g/mol. The Hall–Kier alpha value is -5.12. The van der Waals surface area contributed by atoms with Crippen LogP contribution in [-0.2, 0) is 17.8 Å². The molecule has 0 atom stereocenters. The molecule has 0 aliphatic rings. The smallest absolute Gasteiger partial charge is 0.279 e. The Balaban J connectivity index is 1.32. The van der Waals surface area contributed by atoms with E-state index in [-0.39, 0.29) is 12.0 Å². The third-order valence-corrected chi connectivity index (χ3v) is 5.38. The average Bonchev–Trinajstić information content (AvgIpc) is 2.88. The Labute approximate surface area is 205 Å². The van der Waals surface area contributed by atoms with Gasteiger partial charge in [-0.3, -0.25) is 25.0 Å². The maximum atomic E-state index is 12.2. The molecule has 0 saturated carbocycles. The minimum Gasteiger partial charge on any atom is -0.489 e. The van der Waals surface area contributed by atoms with Crippen LogP contribution in [0.25, 0.3) is 10.8 Å². The molecular weight excluding hydrogens is 464 g/mol. The number of hydrazone groups is 1. The van der Waals surface area contributed by atoms with Gasteiger partial charge in [-0.25, -0.2) is 5.43 Å². The highest BCUT2D eigenvalue weighted by Gasteiger charge is 2.21. The van der Waals surface area contributed by atoms with E-state index in [9.17, 15) is 25.0 Å². The Morgan fingerprint density at radius 1 is 0.889 bits per heavy atom. The van der Waals surface area contributed by atoms with Crippen LogP contribution in [0.3, 0.4) is 0 Å². The number of rotatable bonds is 9. The molecule has 0 radical (unpaired) electrons. The second-order valence-corrected chi connectivity index (χ2v) is 7.79. The maximum absolute atomic E-state index is 12.2. The fourth-order valence-electron chi connectivity index (χ4n) is 3.61. The van der Waals surface area contributed by atoms with Crippen molar-refractivity contribution in [2.75, 3.05) is 0 Å². The quantitative estimate of drug-likeness (QED) is 0.203. The first-order chi connectivity index (χ1) is 17.4. The minimum absolute atomic E-state index is 0.0472. The van der Waals surface area contributed by atoms with Gasteiger partial charge in [0, 0.05) is 11.6 Å². The van der Waals surface area contributed by atoms with Gasteiger partial charge in [0.2, 0.25) is 5.91 Å². The molecule has 0 spiro atoms. The zero-order valence-corrected chi connectivity index (χ0v) is 18.9. The van der Waals surface area contributed by atoms with Crippen molar-refractivity contribution in [3.05, 3.63) is 122 Å². The van der Waals surface area contributed by atoms with Gasteiger partial charge in [-0.15, -0.1) is 0 Å². The second-order valence-electron chi connectivity index (χ2n) is 7.79. The molecule has 4 aromatic rings. The van der Waals surface area contributed by atoms with Crippen LogP contribution in [0.15, 0.2) is 90.0 Å². The summed E-state index contributed by atoms with van der Waals surface area (Å²) in [5, 5.41) is 28.2. The summed E-state index contributed by atoms with van der Waals surface area (Å²) in [5.41, 5.74) is 3.21. The van der Waals surface area contributed by atoms with Crippen LogP contribution in [0.5, 0.6) is 5.75 Å². The molecule has 0 heterocycles. The molecule has 10 heteroatoms. The fourth-order valence-corrected chi connectivity index (χ4v) is 3.61. The van der Waals surface area contributed by atoms with Crippen LogP contribution in [0.2, 0.25) is 0 Å². The largest absolute Gasteiger partial charge is 0.489 e. The van der Waals surface area contributed by atoms with Crippen molar-refractivity contribution in [2.45, 2.75) is 13.0 Å². The highest BCUT2D eigenvalue weighted by atomic mass is 16.6. The summed E-state index contributed by atoms with van der Waals surface area (Å²) in [4.78, 5) is 32.7. The van der Waals surface area contributed by atoms with E-state index in [0.29, 0.717) is 17.9 Å². The van der Waals surface area contributed by atoms with Crippen LogP contribution >= 0.6 is 0 Å². The molecule has 10 nitrogen and oxygen atoms in total. The molecule has 0 unspecified atom stereocenters. The number of carbonyl (C=O) groups excluding carboxylic acids is 1. The van der Waals surface area contributed by atoms with E-state index in [1.165, 1.54) is 12.3 Å². The van der Waals surface area contributed by atoms with Gasteiger partial charge in [-0.1, -0.05) is 42.5 Å². The van der Waals surface area contributed by atoms with Crippen LogP contribution in [-0.4, -0.2) is 22.0 Å². The predicted molar refractivity (Wildman–Crippen MR) is 134 cm³/mol. The molecular formula is C26H20N4O6. The first-order valence-corrected chi connectivity index (χ1v) is 10.8. The molecule has 1 N–H and O–H groups in total. The lowest BCUT2D eigenvalue weighted by Gasteiger charge is -2.09. The number of carbonyl (C=O) groups is 1. The number of ether oxygens (including phenoxy) is 1. The summed E-state index contributed by atoms with van der Waals surface area (Å²) in [7, 11) is 0. The molecule has 0 fully saturated rings. The number of nitro groups is 2. The summed E-state index contributed by atoms with van der Waals surface area (Å²) >= 11 is 0. The summed E-state index contributed by atoms with van der Waals surface area (Å²) in [5.74, 6) is 0.0767. The summed E-state index contributed by atoms with van der Waals surface area (Å²) in [6, 6.07) is 24.4. The Morgan fingerprint density at radius 3 is 2.39 bits per heavy atom. The lowest BCUT2D eigenvalue weighted by molar-refractivity contribution is -0.394. The SMILES string of the molecule is O=C(Cc1ccc([N+](=O)[O-])cc1[N+](=O)[O-])N/N=C/c1ccc(OCc2cccc3ccccc23)cc1. The lowest BCUT2D eigenvalue weighted by atomic mass is 10.1. The number of non-ortho nitro benzene ring substituents is 1. The first kappa shape index (κ1) is 24.0. The van der Waals surface area contributed by atoms with Crippen molar-refractivity contribution in [2.24, 2.45) is 5.10 Å². The predicted octanol–water partition coefficient (Wildman–Crippen LogP) is 4.93. The number of nitro benzene ring substituents is 2. The molecule has 0 aliphatic carbocycles. The second kappa shape index (κ2) is 10.9.